The number of hydrogen-bond acceptors (Lipinski definition) is 4. The van der Waals surface area contributed by atoms with E-state index in [1.807, 2.05) is 36.6 Å². The van der Waals surface area contributed by atoms with Crippen LogP contribution in [0.25, 0.3) is 15.9 Å². The van der Waals surface area contributed by atoms with Crippen molar-refractivity contribution in [3.8, 4) is 17.4 Å². The van der Waals surface area contributed by atoms with Gasteiger partial charge in [0.05, 0.1) is 11.2 Å². The topological polar surface area (TPSA) is 44.1 Å². The molecule has 4 nitrogen and oxygen atoms in total. The Morgan fingerprint density at radius 1 is 1.11 bits per heavy atom. The van der Waals surface area contributed by atoms with Crippen LogP contribution < -0.4 is 10.3 Å². The third-order valence-electron chi connectivity index (χ3n) is 4.57. The lowest BCUT2D eigenvalue weighted by Crippen LogP contribution is -2.20. The van der Waals surface area contributed by atoms with Gasteiger partial charge in [-0.15, -0.1) is 11.3 Å². The van der Waals surface area contributed by atoms with Crippen molar-refractivity contribution in [1.29, 1.82) is 0 Å². The number of halogens is 1. The Hall–Kier alpha value is -2.99. The van der Waals surface area contributed by atoms with Crippen LogP contribution in [0.5, 0.6) is 11.8 Å². The number of aryl methyl sites for hydroxylation is 1. The first-order chi connectivity index (χ1) is 13.5. The molecule has 4 rings (SSSR count). The summed E-state index contributed by atoms with van der Waals surface area (Å²) in [6, 6.07) is 13.6. The lowest BCUT2D eigenvalue weighted by atomic mass is 10.0. The maximum atomic E-state index is 13.4. The molecular formula is C22H19FN2O2S. The average molecular weight is 394 g/mol. The highest BCUT2D eigenvalue weighted by atomic mass is 32.1. The number of nitrogens with zero attached hydrogens (tertiary/aromatic N) is 2. The van der Waals surface area contributed by atoms with E-state index in [1.54, 1.807) is 12.1 Å². The minimum absolute atomic E-state index is 0.165. The Labute approximate surface area is 165 Å². The van der Waals surface area contributed by atoms with Crippen LogP contribution in [0.3, 0.4) is 0 Å². The molecule has 0 radical (unpaired) electrons. The van der Waals surface area contributed by atoms with Gasteiger partial charge in [0.1, 0.15) is 16.3 Å². The van der Waals surface area contributed by atoms with Crippen LogP contribution in [0.4, 0.5) is 4.39 Å². The van der Waals surface area contributed by atoms with Gasteiger partial charge in [0.25, 0.3) is 5.56 Å². The van der Waals surface area contributed by atoms with Crippen LogP contribution in [-0.4, -0.2) is 9.55 Å². The van der Waals surface area contributed by atoms with E-state index in [-0.39, 0.29) is 23.3 Å². The first kappa shape index (κ1) is 18.4. The molecule has 0 N–H and O–H groups in total. The molecule has 142 valence electrons. The molecule has 0 bridgehead atoms. The molecule has 0 aliphatic carbocycles. The van der Waals surface area contributed by atoms with Crippen molar-refractivity contribution in [2.75, 3.05) is 0 Å². The third-order valence-corrected chi connectivity index (χ3v) is 5.64. The maximum absolute atomic E-state index is 13.4. The molecule has 0 saturated carbocycles. The SMILES string of the molecule is Cc1csc2c(=O)n(-c3ccc(F)cc3)c(Oc3ccccc3C(C)C)nc12. The van der Waals surface area contributed by atoms with Gasteiger partial charge in [-0.25, -0.2) is 8.96 Å². The van der Waals surface area contributed by atoms with Gasteiger partial charge in [-0.1, -0.05) is 32.0 Å². The van der Waals surface area contributed by atoms with Crippen molar-refractivity contribution >= 4 is 21.6 Å². The van der Waals surface area contributed by atoms with Crippen LogP contribution in [0, 0.1) is 12.7 Å². The standard InChI is InChI=1S/C22H19FN2O2S/c1-13(2)17-6-4-5-7-18(17)27-22-24-19-14(3)12-28-20(19)21(26)25(22)16-10-8-15(23)9-11-16/h4-13H,1-3H3. The van der Waals surface area contributed by atoms with Gasteiger partial charge in [-0.05, 0) is 59.7 Å². The first-order valence-corrected chi connectivity index (χ1v) is 9.87. The maximum Gasteiger partial charge on any atom is 0.310 e. The average Bonchev–Trinajstić information content (AvgIpc) is 3.05. The Kier molecular flexibility index (Phi) is 4.73. The van der Waals surface area contributed by atoms with E-state index in [4.69, 9.17) is 4.74 Å². The fourth-order valence-electron chi connectivity index (χ4n) is 3.10. The van der Waals surface area contributed by atoms with Gasteiger partial charge in [0.2, 0.25) is 0 Å². The number of para-hydroxylation sites is 1. The highest BCUT2D eigenvalue weighted by Gasteiger charge is 2.19. The van der Waals surface area contributed by atoms with Crippen LogP contribution in [0.2, 0.25) is 0 Å². The van der Waals surface area contributed by atoms with Crippen molar-refractivity contribution < 1.29 is 9.13 Å². The van der Waals surface area contributed by atoms with Crippen LogP contribution in [0.15, 0.2) is 58.7 Å². The van der Waals surface area contributed by atoms with Crippen molar-refractivity contribution in [2.24, 2.45) is 0 Å². The Morgan fingerprint density at radius 3 is 2.54 bits per heavy atom. The fraction of sp³-hybridized carbons (Fsp3) is 0.182. The summed E-state index contributed by atoms with van der Waals surface area (Å²) >= 11 is 1.35. The minimum atomic E-state index is -0.370. The zero-order valence-electron chi connectivity index (χ0n) is 15.8. The predicted molar refractivity (Wildman–Crippen MR) is 111 cm³/mol. The van der Waals surface area contributed by atoms with E-state index in [0.717, 1.165) is 11.1 Å². The number of benzene rings is 2. The second-order valence-corrected chi connectivity index (χ2v) is 7.78. The Balaban J connectivity index is 1.96. The monoisotopic (exact) mass is 394 g/mol. The van der Waals surface area contributed by atoms with E-state index in [0.29, 0.717) is 21.7 Å². The summed E-state index contributed by atoms with van der Waals surface area (Å²) in [6.07, 6.45) is 0. The van der Waals surface area contributed by atoms with E-state index in [1.165, 1.54) is 28.0 Å². The second kappa shape index (κ2) is 7.20. The number of rotatable bonds is 4. The number of aromatic nitrogens is 2. The quantitative estimate of drug-likeness (QED) is 0.439. The molecule has 4 aromatic rings. The molecule has 2 heterocycles. The van der Waals surface area contributed by atoms with Crippen LogP contribution >= 0.6 is 11.3 Å². The Morgan fingerprint density at radius 2 is 1.82 bits per heavy atom. The van der Waals surface area contributed by atoms with Gasteiger partial charge < -0.3 is 4.74 Å². The lowest BCUT2D eigenvalue weighted by molar-refractivity contribution is 0.420. The highest BCUT2D eigenvalue weighted by Crippen LogP contribution is 2.32. The highest BCUT2D eigenvalue weighted by molar-refractivity contribution is 7.17. The lowest BCUT2D eigenvalue weighted by Gasteiger charge is -2.16. The molecule has 2 aromatic heterocycles. The van der Waals surface area contributed by atoms with Crippen molar-refractivity contribution in [3.05, 3.63) is 81.2 Å². The van der Waals surface area contributed by atoms with Gasteiger partial charge >= 0.3 is 6.01 Å². The molecule has 0 saturated heterocycles. The number of thiophene rings is 1. The van der Waals surface area contributed by atoms with Gasteiger partial charge in [-0.3, -0.25) is 4.79 Å². The molecule has 0 unspecified atom stereocenters. The summed E-state index contributed by atoms with van der Waals surface area (Å²) in [5.41, 5.74) is 2.84. The van der Waals surface area contributed by atoms with Gasteiger partial charge in [-0.2, -0.15) is 4.98 Å². The van der Waals surface area contributed by atoms with Crippen molar-refractivity contribution in [1.82, 2.24) is 9.55 Å². The number of hydrogen-bond donors (Lipinski definition) is 0. The number of fused-ring (bicyclic) bond motifs is 1. The molecule has 2 aromatic carbocycles. The van der Waals surface area contributed by atoms with Crippen LogP contribution in [-0.2, 0) is 0 Å². The normalized spacial score (nSPS) is 11.3. The summed E-state index contributed by atoms with van der Waals surface area (Å²) < 4.78 is 21.5. The number of ether oxygens (including phenoxy) is 1. The van der Waals surface area contributed by atoms with E-state index in [9.17, 15) is 9.18 Å². The Bertz CT molecular complexity index is 1210. The molecule has 0 spiro atoms. The zero-order chi connectivity index (χ0) is 19.8. The first-order valence-electron chi connectivity index (χ1n) is 8.99. The largest absolute Gasteiger partial charge is 0.425 e. The minimum Gasteiger partial charge on any atom is -0.425 e. The molecule has 0 atom stereocenters. The van der Waals surface area contributed by atoms with Crippen molar-refractivity contribution in [3.63, 3.8) is 0 Å². The van der Waals surface area contributed by atoms with E-state index in [2.05, 4.69) is 18.8 Å². The fourth-order valence-corrected chi connectivity index (χ4v) is 4.01. The summed E-state index contributed by atoms with van der Waals surface area (Å²) in [4.78, 5) is 17.9. The predicted octanol–water partition coefficient (Wildman–Crippen LogP) is 5.81. The van der Waals surface area contributed by atoms with E-state index < -0.39 is 0 Å². The van der Waals surface area contributed by atoms with E-state index >= 15 is 0 Å². The van der Waals surface area contributed by atoms with Crippen LogP contribution in [0.1, 0.15) is 30.9 Å². The van der Waals surface area contributed by atoms with Gasteiger partial charge in [0.15, 0.2) is 0 Å². The molecule has 0 amide bonds. The van der Waals surface area contributed by atoms with Crippen molar-refractivity contribution in [2.45, 2.75) is 26.7 Å². The molecule has 28 heavy (non-hydrogen) atoms. The summed E-state index contributed by atoms with van der Waals surface area (Å²) in [7, 11) is 0. The molecule has 6 heteroatoms. The summed E-state index contributed by atoms with van der Waals surface area (Å²) in [6.45, 7) is 6.07. The molecule has 0 aliphatic heterocycles. The summed E-state index contributed by atoms with van der Waals surface area (Å²) in [5.74, 6) is 0.520. The molecular weight excluding hydrogens is 375 g/mol. The smallest absolute Gasteiger partial charge is 0.310 e. The zero-order valence-corrected chi connectivity index (χ0v) is 16.6. The summed E-state index contributed by atoms with van der Waals surface area (Å²) in [5, 5.41) is 1.90. The second-order valence-electron chi connectivity index (χ2n) is 6.90. The molecule has 0 fully saturated rings. The van der Waals surface area contributed by atoms with Gasteiger partial charge in [0, 0.05) is 0 Å². The third kappa shape index (κ3) is 3.20. The molecule has 0 aliphatic rings.